The van der Waals surface area contributed by atoms with Gasteiger partial charge in [0.25, 0.3) is 0 Å². The van der Waals surface area contributed by atoms with Crippen LogP contribution >= 0.6 is 0 Å². The Morgan fingerprint density at radius 3 is 2.57 bits per heavy atom. The number of ether oxygens (including phenoxy) is 2. The van der Waals surface area contributed by atoms with E-state index in [1.165, 1.54) is 5.56 Å². The number of nitrogens with one attached hydrogen (secondary N) is 1. The quantitative estimate of drug-likeness (QED) is 0.750. The SMILES string of the molecule is COc1ccc(CCNc2ccc3ccccc3n2)cc1OC. The molecule has 0 fully saturated rings. The summed E-state index contributed by atoms with van der Waals surface area (Å²) in [5.41, 5.74) is 2.19. The summed E-state index contributed by atoms with van der Waals surface area (Å²) in [5.74, 6) is 2.40. The molecule has 1 heterocycles. The standard InChI is InChI=1S/C19H20N2O2/c1-22-17-9-7-14(13-18(17)23-2)11-12-20-19-10-8-15-5-3-4-6-16(15)21-19/h3-10,13H,11-12H2,1-2H3,(H,20,21). The molecule has 2 aromatic carbocycles. The van der Waals surface area contributed by atoms with Gasteiger partial charge in [-0.05, 0) is 42.3 Å². The van der Waals surface area contributed by atoms with Crippen LogP contribution in [0.5, 0.6) is 11.5 Å². The maximum atomic E-state index is 5.33. The molecule has 118 valence electrons. The molecule has 3 aromatic rings. The number of anilines is 1. The van der Waals surface area contributed by atoms with Crippen LogP contribution in [0.2, 0.25) is 0 Å². The molecule has 1 N–H and O–H groups in total. The van der Waals surface area contributed by atoms with Crippen LogP contribution < -0.4 is 14.8 Å². The predicted molar refractivity (Wildman–Crippen MR) is 93.5 cm³/mol. The molecular formula is C19H20N2O2. The largest absolute Gasteiger partial charge is 0.493 e. The lowest BCUT2D eigenvalue weighted by molar-refractivity contribution is 0.354. The molecule has 0 saturated carbocycles. The van der Waals surface area contributed by atoms with Crippen molar-refractivity contribution in [1.82, 2.24) is 4.98 Å². The minimum atomic E-state index is 0.750. The van der Waals surface area contributed by atoms with Crippen LogP contribution in [0, 0.1) is 0 Å². The summed E-state index contributed by atoms with van der Waals surface area (Å²) in [5, 5.41) is 4.52. The lowest BCUT2D eigenvalue weighted by atomic mass is 10.1. The highest BCUT2D eigenvalue weighted by molar-refractivity contribution is 5.80. The molecule has 3 rings (SSSR count). The van der Waals surface area contributed by atoms with Crippen LogP contribution in [0.1, 0.15) is 5.56 Å². The van der Waals surface area contributed by atoms with Crippen molar-refractivity contribution >= 4 is 16.7 Å². The number of para-hydroxylation sites is 1. The second-order valence-electron chi connectivity index (χ2n) is 5.26. The summed E-state index contributed by atoms with van der Waals surface area (Å²) in [4.78, 5) is 4.61. The first-order valence-corrected chi connectivity index (χ1v) is 7.61. The molecule has 0 saturated heterocycles. The molecule has 1 aromatic heterocycles. The van der Waals surface area contributed by atoms with Crippen LogP contribution in [-0.4, -0.2) is 25.7 Å². The molecule has 0 aliphatic carbocycles. The number of hydrogen-bond donors (Lipinski definition) is 1. The summed E-state index contributed by atoms with van der Waals surface area (Å²) in [6, 6.07) is 18.2. The van der Waals surface area contributed by atoms with E-state index in [1.807, 2.05) is 36.4 Å². The van der Waals surface area contributed by atoms with Gasteiger partial charge in [0.1, 0.15) is 5.82 Å². The van der Waals surface area contributed by atoms with Gasteiger partial charge in [-0.2, -0.15) is 0 Å². The fourth-order valence-electron chi connectivity index (χ4n) is 2.54. The fraction of sp³-hybridized carbons (Fsp3) is 0.211. The zero-order valence-electron chi connectivity index (χ0n) is 13.4. The molecule has 4 nitrogen and oxygen atoms in total. The van der Waals surface area contributed by atoms with Gasteiger partial charge < -0.3 is 14.8 Å². The van der Waals surface area contributed by atoms with E-state index < -0.39 is 0 Å². The maximum absolute atomic E-state index is 5.33. The maximum Gasteiger partial charge on any atom is 0.160 e. The Morgan fingerprint density at radius 1 is 0.913 bits per heavy atom. The normalized spacial score (nSPS) is 10.5. The van der Waals surface area contributed by atoms with Gasteiger partial charge in [-0.25, -0.2) is 4.98 Å². The van der Waals surface area contributed by atoms with E-state index in [2.05, 4.69) is 28.5 Å². The molecule has 0 spiro atoms. The first kappa shape index (κ1) is 15.2. The van der Waals surface area contributed by atoms with Crippen molar-refractivity contribution in [2.24, 2.45) is 0 Å². The van der Waals surface area contributed by atoms with E-state index in [9.17, 15) is 0 Å². The minimum Gasteiger partial charge on any atom is -0.493 e. The van der Waals surface area contributed by atoms with E-state index in [0.29, 0.717) is 0 Å². The minimum absolute atomic E-state index is 0.750. The Balaban J connectivity index is 1.64. The van der Waals surface area contributed by atoms with E-state index in [1.54, 1.807) is 14.2 Å². The number of methoxy groups -OCH3 is 2. The molecule has 0 bridgehead atoms. The Bertz CT molecular complexity index is 802. The molecule has 4 heteroatoms. The average molecular weight is 308 g/mol. The van der Waals surface area contributed by atoms with Crippen molar-refractivity contribution in [3.05, 3.63) is 60.2 Å². The average Bonchev–Trinajstić information content (AvgIpc) is 2.61. The number of fused-ring (bicyclic) bond motifs is 1. The van der Waals surface area contributed by atoms with E-state index in [4.69, 9.17) is 9.47 Å². The van der Waals surface area contributed by atoms with Crippen LogP contribution in [0.25, 0.3) is 10.9 Å². The first-order chi connectivity index (χ1) is 11.3. The molecule has 0 atom stereocenters. The molecule has 0 radical (unpaired) electrons. The van der Waals surface area contributed by atoms with Crippen molar-refractivity contribution in [2.45, 2.75) is 6.42 Å². The highest BCUT2D eigenvalue weighted by Crippen LogP contribution is 2.27. The fourth-order valence-corrected chi connectivity index (χ4v) is 2.54. The Morgan fingerprint density at radius 2 is 1.74 bits per heavy atom. The second kappa shape index (κ2) is 7.01. The lowest BCUT2D eigenvalue weighted by Crippen LogP contribution is -2.06. The van der Waals surface area contributed by atoms with Crippen molar-refractivity contribution in [3.63, 3.8) is 0 Å². The lowest BCUT2D eigenvalue weighted by Gasteiger charge is -2.10. The topological polar surface area (TPSA) is 43.4 Å². The van der Waals surface area contributed by atoms with Crippen LogP contribution in [0.3, 0.4) is 0 Å². The zero-order valence-corrected chi connectivity index (χ0v) is 13.4. The van der Waals surface area contributed by atoms with Crippen LogP contribution in [0.4, 0.5) is 5.82 Å². The van der Waals surface area contributed by atoms with Gasteiger partial charge in [0.05, 0.1) is 19.7 Å². The van der Waals surface area contributed by atoms with Crippen molar-refractivity contribution in [1.29, 1.82) is 0 Å². The molecule has 23 heavy (non-hydrogen) atoms. The molecule has 0 amide bonds. The Kier molecular flexibility index (Phi) is 4.62. The number of pyridine rings is 1. The number of rotatable bonds is 6. The van der Waals surface area contributed by atoms with Gasteiger partial charge in [-0.15, -0.1) is 0 Å². The number of hydrogen-bond acceptors (Lipinski definition) is 4. The summed E-state index contributed by atoms with van der Waals surface area (Å²) in [6.45, 7) is 0.806. The Hall–Kier alpha value is -2.75. The first-order valence-electron chi connectivity index (χ1n) is 7.61. The van der Waals surface area contributed by atoms with Crippen molar-refractivity contribution < 1.29 is 9.47 Å². The monoisotopic (exact) mass is 308 g/mol. The number of aromatic nitrogens is 1. The second-order valence-corrected chi connectivity index (χ2v) is 5.26. The zero-order chi connectivity index (χ0) is 16.1. The van der Waals surface area contributed by atoms with Gasteiger partial charge in [0.15, 0.2) is 11.5 Å². The highest BCUT2D eigenvalue weighted by Gasteiger charge is 2.04. The number of nitrogens with zero attached hydrogens (tertiary/aromatic N) is 1. The molecule has 0 aliphatic rings. The summed E-state index contributed by atoms with van der Waals surface area (Å²) >= 11 is 0. The molecule has 0 unspecified atom stereocenters. The third kappa shape index (κ3) is 3.54. The summed E-state index contributed by atoms with van der Waals surface area (Å²) < 4.78 is 10.6. The van der Waals surface area contributed by atoms with E-state index in [-0.39, 0.29) is 0 Å². The van der Waals surface area contributed by atoms with Crippen LogP contribution in [-0.2, 0) is 6.42 Å². The van der Waals surface area contributed by atoms with Crippen molar-refractivity contribution in [2.75, 3.05) is 26.1 Å². The summed E-state index contributed by atoms with van der Waals surface area (Å²) in [7, 11) is 3.29. The van der Waals surface area contributed by atoms with Gasteiger partial charge in [-0.3, -0.25) is 0 Å². The third-order valence-corrected chi connectivity index (χ3v) is 3.77. The molecular weight excluding hydrogens is 288 g/mol. The predicted octanol–water partition coefficient (Wildman–Crippen LogP) is 3.91. The number of benzene rings is 2. The Labute approximate surface area is 136 Å². The molecule has 0 aliphatic heterocycles. The van der Waals surface area contributed by atoms with E-state index >= 15 is 0 Å². The van der Waals surface area contributed by atoms with Crippen LogP contribution in [0.15, 0.2) is 54.6 Å². The van der Waals surface area contributed by atoms with Crippen molar-refractivity contribution in [3.8, 4) is 11.5 Å². The van der Waals surface area contributed by atoms with Gasteiger partial charge in [0, 0.05) is 11.9 Å². The third-order valence-electron chi connectivity index (χ3n) is 3.77. The van der Waals surface area contributed by atoms with Gasteiger partial charge >= 0.3 is 0 Å². The summed E-state index contributed by atoms with van der Waals surface area (Å²) in [6.07, 6.45) is 0.884. The smallest absolute Gasteiger partial charge is 0.160 e. The van der Waals surface area contributed by atoms with E-state index in [0.717, 1.165) is 41.2 Å². The van der Waals surface area contributed by atoms with Gasteiger partial charge in [0.2, 0.25) is 0 Å². The highest BCUT2D eigenvalue weighted by atomic mass is 16.5. The van der Waals surface area contributed by atoms with Gasteiger partial charge in [-0.1, -0.05) is 24.3 Å².